The maximum Gasteiger partial charge on any atom is 0.246 e. The number of rotatable bonds is 9. The Balaban J connectivity index is 2.07. The Hall–Kier alpha value is -1.67. The van der Waals surface area contributed by atoms with Crippen molar-refractivity contribution in [2.45, 2.75) is 95.5 Å². The van der Waals surface area contributed by atoms with Crippen LogP contribution in [0.15, 0.2) is 0 Å². The maximum atomic E-state index is 13.7. The zero-order chi connectivity index (χ0) is 22.3. The van der Waals surface area contributed by atoms with Gasteiger partial charge in [0, 0.05) is 13.1 Å². The molecule has 0 aliphatic carbocycles. The third-order valence-corrected chi connectivity index (χ3v) is 7.58. The summed E-state index contributed by atoms with van der Waals surface area (Å²) in [7, 11) is 1.57. The second-order valence-corrected chi connectivity index (χ2v) is 9.14. The maximum absolute atomic E-state index is 13.7. The van der Waals surface area contributed by atoms with Crippen LogP contribution in [0.4, 0.5) is 0 Å². The van der Waals surface area contributed by atoms with Crippen molar-refractivity contribution in [1.82, 2.24) is 15.5 Å². The number of hydrogen-bond donors (Lipinski definition) is 3. The molecule has 3 fully saturated rings. The van der Waals surface area contributed by atoms with Gasteiger partial charge in [-0.05, 0) is 39.0 Å². The van der Waals surface area contributed by atoms with E-state index < -0.39 is 35.1 Å². The molecule has 0 aromatic rings. The lowest BCUT2D eigenvalue weighted by atomic mass is 9.65. The molecule has 3 rings (SSSR count). The van der Waals surface area contributed by atoms with Gasteiger partial charge in [-0.3, -0.25) is 14.4 Å². The molecule has 1 spiro atoms. The predicted molar refractivity (Wildman–Crippen MR) is 111 cm³/mol. The number of nitrogens with zero attached hydrogens (tertiary/aromatic N) is 1. The predicted octanol–water partition coefficient (Wildman–Crippen LogP) is 0.963. The highest BCUT2D eigenvalue weighted by atomic mass is 16.5. The SMILES string of the molecule is CCCC(C)NC(=O)C1N([C@@H](CC)CO)C(=O)[C@@H]2[C@@H](C(=O)NC)[C@@]3(CC)CCC12O3. The first-order valence-corrected chi connectivity index (χ1v) is 11.4. The summed E-state index contributed by atoms with van der Waals surface area (Å²) in [4.78, 5) is 41.7. The molecule has 170 valence electrons. The van der Waals surface area contributed by atoms with Crippen molar-refractivity contribution in [3.8, 4) is 0 Å². The number of fused-ring (bicyclic) bond motifs is 1. The van der Waals surface area contributed by atoms with Crippen molar-refractivity contribution in [3.63, 3.8) is 0 Å². The van der Waals surface area contributed by atoms with Crippen molar-refractivity contribution in [1.29, 1.82) is 0 Å². The first kappa shape index (κ1) is 23.0. The molecule has 3 aliphatic heterocycles. The Labute approximate surface area is 179 Å². The molecular formula is C22H37N3O5. The van der Waals surface area contributed by atoms with E-state index in [0.29, 0.717) is 25.7 Å². The number of ether oxygens (including phenoxy) is 1. The Morgan fingerprint density at radius 3 is 2.50 bits per heavy atom. The van der Waals surface area contributed by atoms with Gasteiger partial charge in [0.25, 0.3) is 0 Å². The third-order valence-electron chi connectivity index (χ3n) is 7.58. The Kier molecular flexibility index (Phi) is 6.49. The number of aliphatic hydroxyl groups excluding tert-OH is 1. The molecule has 0 saturated carbocycles. The van der Waals surface area contributed by atoms with Gasteiger partial charge in [0.1, 0.15) is 11.6 Å². The molecule has 8 nitrogen and oxygen atoms in total. The van der Waals surface area contributed by atoms with Crippen molar-refractivity contribution in [2.24, 2.45) is 11.8 Å². The van der Waals surface area contributed by atoms with Crippen LogP contribution in [0.5, 0.6) is 0 Å². The first-order valence-electron chi connectivity index (χ1n) is 11.4. The van der Waals surface area contributed by atoms with Gasteiger partial charge in [-0.1, -0.05) is 27.2 Å². The molecule has 30 heavy (non-hydrogen) atoms. The number of carbonyl (C=O) groups excluding carboxylic acids is 3. The summed E-state index contributed by atoms with van der Waals surface area (Å²) in [6.07, 6.45) is 4.09. The van der Waals surface area contributed by atoms with Gasteiger partial charge in [0.2, 0.25) is 17.7 Å². The van der Waals surface area contributed by atoms with Crippen LogP contribution in [0, 0.1) is 11.8 Å². The van der Waals surface area contributed by atoms with E-state index in [1.54, 1.807) is 7.05 Å². The van der Waals surface area contributed by atoms with E-state index in [-0.39, 0.29) is 30.4 Å². The summed E-state index contributed by atoms with van der Waals surface area (Å²) in [6, 6.07) is -1.35. The number of likely N-dealkylation sites (tertiary alicyclic amines) is 1. The van der Waals surface area contributed by atoms with Crippen LogP contribution in [0.3, 0.4) is 0 Å². The molecule has 3 saturated heterocycles. The average molecular weight is 424 g/mol. The molecule has 8 heteroatoms. The standard InChI is InChI=1S/C22H37N3O5/c1-6-9-13(4)24-19(28)17-22-11-10-21(8-3,30-22)15(18(27)23-5)16(22)20(29)25(17)14(7-2)12-26/h13-17,26H,6-12H2,1-5H3,(H,23,27)(H,24,28)/t13?,14-,15-,16-,17?,21+,22?/m0/s1. The fourth-order valence-electron chi connectivity index (χ4n) is 6.14. The highest BCUT2D eigenvalue weighted by Gasteiger charge is 2.78. The first-order chi connectivity index (χ1) is 14.3. The van der Waals surface area contributed by atoms with Crippen LogP contribution in [0.25, 0.3) is 0 Å². The number of nitrogens with one attached hydrogen (secondary N) is 2. The van der Waals surface area contributed by atoms with Gasteiger partial charge in [-0.25, -0.2) is 0 Å². The Morgan fingerprint density at radius 2 is 1.97 bits per heavy atom. The van der Waals surface area contributed by atoms with Crippen molar-refractivity contribution < 1.29 is 24.2 Å². The molecule has 3 amide bonds. The summed E-state index contributed by atoms with van der Waals surface area (Å²) < 4.78 is 6.61. The van der Waals surface area contributed by atoms with E-state index in [4.69, 9.17) is 4.74 Å². The van der Waals surface area contributed by atoms with Crippen LogP contribution in [-0.2, 0) is 19.1 Å². The molecule has 0 aromatic heterocycles. The lowest BCUT2D eigenvalue weighted by Crippen LogP contribution is -2.59. The number of hydrogen-bond acceptors (Lipinski definition) is 5. The summed E-state index contributed by atoms with van der Waals surface area (Å²) >= 11 is 0. The molecule has 3 heterocycles. The second-order valence-electron chi connectivity index (χ2n) is 9.14. The summed E-state index contributed by atoms with van der Waals surface area (Å²) in [5.74, 6) is -2.04. The van der Waals surface area contributed by atoms with E-state index in [2.05, 4.69) is 17.6 Å². The zero-order valence-corrected chi connectivity index (χ0v) is 18.9. The summed E-state index contributed by atoms with van der Waals surface area (Å²) in [5, 5.41) is 15.7. The molecule has 3 unspecified atom stereocenters. The van der Waals surface area contributed by atoms with E-state index >= 15 is 0 Å². The minimum Gasteiger partial charge on any atom is -0.394 e. The topological polar surface area (TPSA) is 108 Å². The smallest absolute Gasteiger partial charge is 0.246 e. The molecule has 2 bridgehead atoms. The van der Waals surface area contributed by atoms with Crippen LogP contribution >= 0.6 is 0 Å². The van der Waals surface area contributed by atoms with E-state index in [1.165, 1.54) is 4.90 Å². The summed E-state index contributed by atoms with van der Waals surface area (Å²) in [5.41, 5.74) is -1.75. The largest absolute Gasteiger partial charge is 0.394 e. The fraction of sp³-hybridized carbons (Fsp3) is 0.864. The van der Waals surface area contributed by atoms with Crippen LogP contribution in [0.2, 0.25) is 0 Å². The van der Waals surface area contributed by atoms with E-state index in [1.807, 2.05) is 20.8 Å². The van der Waals surface area contributed by atoms with Crippen LogP contribution in [-0.4, -0.2) is 70.7 Å². The van der Waals surface area contributed by atoms with Crippen LogP contribution < -0.4 is 10.6 Å². The van der Waals surface area contributed by atoms with Crippen LogP contribution in [0.1, 0.15) is 66.2 Å². The highest BCUT2D eigenvalue weighted by molar-refractivity contribution is 5.99. The van der Waals surface area contributed by atoms with E-state index in [9.17, 15) is 19.5 Å². The van der Waals surface area contributed by atoms with Crippen molar-refractivity contribution in [3.05, 3.63) is 0 Å². The number of carbonyl (C=O) groups is 3. The van der Waals surface area contributed by atoms with Gasteiger partial charge < -0.3 is 25.4 Å². The van der Waals surface area contributed by atoms with Gasteiger partial charge >= 0.3 is 0 Å². The van der Waals surface area contributed by atoms with Crippen molar-refractivity contribution >= 4 is 17.7 Å². The average Bonchev–Trinajstić information content (AvgIpc) is 3.33. The molecule has 0 aromatic carbocycles. The number of aliphatic hydroxyl groups is 1. The Bertz CT molecular complexity index is 696. The van der Waals surface area contributed by atoms with Gasteiger partial charge in [-0.2, -0.15) is 0 Å². The normalized spacial score (nSPS) is 36.5. The molecular weight excluding hydrogens is 386 g/mol. The van der Waals surface area contributed by atoms with Gasteiger partial charge in [0.15, 0.2) is 0 Å². The minimum atomic E-state index is -1.02. The van der Waals surface area contributed by atoms with E-state index in [0.717, 1.165) is 12.8 Å². The van der Waals surface area contributed by atoms with Gasteiger partial charge in [0.05, 0.1) is 30.1 Å². The minimum absolute atomic E-state index is 0.0300. The lowest BCUT2D eigenvalue weighted by molar-refractivity contribution is -0.151. The zero-order valence-electron chi connectivity index (χ0n) is 18.9. The fourth-order valence-corrected chi connectivity index (χ4v) is 6.14. The lowest BCUT2D eigenvalue weighted by Gasteiger charge is -2.37. The quantitative estimate of drug-likeness (QED) is 0.512. The van der Waals surface area contributed by atoms with Crippen molar-refractivity contribution in [2.75, 3.05) is 13.7 Å². The van der Waals surface area contributed by atoms with Gasteiger partial charge in [-0.15, -0.1) is 0 Å². The monoisotopic (exact) mass is 423 g/mol. The number of amides is 3. The highest BCUT2D eigenvalue weighted by Crippen LogP contribution is 2.64. The molecule has 7 atom stereocenters. The third kappa shape index (κ3) is 3.14. The Morgan fingerprint density at radius 1 is 1.27 bits per heavy atom. The molecule has 0 radical (unpaired) electrons. The molecule has 3 aliphatic rings. The second kappa shape index (κ2) is 8.46. The summed E-state index contributed by atoms with van der Waals surface area (Å²) in [6.45, 7) is 7.63. The molecule has 3 N–H and O–H groups in total.